The van der Waals surface area contributed by atoms with Crippen molar-refractivity contribution in [3.05, 3.63) is 76.5 Å². The van der Waals surface area contributed by atoms with Crippen LogP contribution in [0.1, 0.15) is 34.5 Å². The van der Waals surface area contributed by atoms with Crippen LogP contribution in [-0.2, 0) is 11.3 Å². The molecule has 0 saturated heterocycles. The summed E-state index contributed by atoms with van der Waals surface area (Å²) in [4.78, 5) is 23.0. The predicted molar refractivity (Wildman–Crippen MR) is 102 cm³/mol. The van der Waals surface area contributed by atoms with E-state index in [2.05, 4.69) is 10.5 Å². The lowest BCUT2D eigenvalue weighted by molar-refractivity contribution is 0.0696. The second-order valence-corrected chi connectivity index (χ2v) is 6.46. The number of carboxylic acids is 1. The van der Waals surface area contributed by atoms with Crippen molar-refractivity contribution in [2.45, 2.75) is 19.6 Å². The van der Waals surface area contributed by atoms with Crippen molar-refractivity contribution >= 4 is 23.7 Å². The third-order valence-corrected chi connectivity index (χ3v) is 4.35. The van der Waals surface area contributed by atoms with E-state index < -0.39 is 18.2 Å². The predicted octanol–water partition coefficient (Wildman–Crippen LogP) is 4.68. The highest BCUT2D eigenvalue weighted by Gasteiger charge is 2.15. The molecule has 2 N–H and O–H groups in total. The number of hydrogen-bond acceptors (Lipinski definition) is 5. The van der Waals surface area contributed by atoms with Gasteiger partial charge < -0.3 is 19.7 Å². The van der Waals surface area contributed by atoms with Gasteiger partial charge in [-0.25, -0.2) is 9.59 Å². The van der Waals surface area contributed by atoms with Gasteiger partial charge in [0, 0.05) is 16.1 Å². The van der Waals surface area contributed by atoms with Crippen molar-refractivity contribution in [2.24, 2.45) is 0 Å². The molecule has 7 nitrogen and oxygen atoms in total. The molecule has 0 unspecified atom stereocenters. The Morgan fingerprint density at radius 3 is 2.50 bits per heavy atom. The molecule has 144 valence electrons. The maximum Gasteiger partial charge on any atom is 0.408 e. The van der Waals surface area contributed by atoms with Crippen LogP contribution in [-0.4, -0.2) is 22.3 Å². The number of halogens is 1. The lowest BCUT2D eigenvalue weighted by atomic mass is 10.1. The topological polar surface area (TPSA) is 102 Å². The molecule has 28 heavy (non-hydrogen) atoms. The largest absolute Gasteiger partial charge is 0.478 e. The summed E-state index contributed by atoms with van der Waals surface area (Å²) in [7, 11) is 0. The third kappa shape index (κ3) is 4.69. The summed E-state index contributed by atoms with van der Waals surface area (Å²) in [5.41, 5.74) is 2.83. The zero-order valence-electron chi connectivity index (χ0n) is 14.9. The van der Waals surface area contributed by atoms with Crippen LogP contribution in [0.3, 0.4) is 0 Å². The molecule has 0 saturated carbocycles. The number of carbonyl (C=O) groups is 2. The van der Waals surface area contributed by atoms with Crippen LogP contribution in [0.15, 0.2) is 59.3 Å². The van der Waals surface area contributed by atoms with Crippen LogP contribution < -0.4 is 5.32 Å². The van der Waals surface area contributed by atoms with E-state index in [1.54, 1.807) is 43.3 Å². The number of carbonyl (C=O) groups excluding carboxylic acids is 1. The van der Waals surface area contributed by atoms with Crippen LogP contribution in [0.4, 0.5) is 4.79 Å². The number of ether oxygens (including phenoxy) is 1. The summed E-state index contributed by atoms with van der Waals surface area (Å²) in [6.07, 6.45) is 0.391. The Hall–Kier alpha value is -3.32. The number of rotatable bonds is 6. The highest BCUT2D eigenvalue weighted by atomic mass is 35.5. The van der Waals surface area contributed by atoms with Crippen molar-refractivity contribution in [2.75, 3.05) is 0 Å². The van der Waals surface area contributed by atoms with E-state index in [9.17, 15) is 9.59 Å². The molecule has 3 aromatic rings. The maximum absolute atomic E-state index is 12.1. The molecule has 1 amide bonds. The number of nitrogens with zero attached hydrogens (tertiary/aromatic N) is 1. The van der Waals surface area contributed by atoms with Gasteiger partial charge in [0.25, 0.3) is 0 Å². The second-order valence-electron chi connectivity index (χ2n) is 6.02. The number of hydrogen-bond donors (Lipinski definition) is 2. The molecule has 1 heterocycles. The SMILES string of the molecule is C[C@@H](OC(=O)NCc1conc1-c1ccc(C(=O)O)cc1)c1ccc(Cl)cc1. The normalized spacial score (nSPS) is 11.6. The van der Waals surface area contributed by atoms with Gasteiger partial charge in [-0.3, -0.25) is 0 Å². The average Bonchev–Trinajstić information content (AvgIpc) is 3.15. The minimum Gasteiger partial charge on any atom is -0.478 e. The number of alkyl carbamates (subject to hydrolysis) is 1. The summed E-state index contributed by atoms with van der Waals surface area (Å²) >= 11 is 5.85. The van der Waals surface area contributed by atoms with E-state index in [1.807, 2.05) is 0 Å². The summed E-state index contributed by atoms with van der Waals surface area (Å²) < 4.78 is 10.4. The molecule has 1 atom stereocenters. The Labute approximate surface area is 165 Å². The van der Waals surface area contributed by atoms with Gasteiger partial charge in [0.05, 0.1) is 12.1 Å². The fourth-order valence-corrected chi connectivity index (χ4v) is 2.69. The van der Waals surface area contributed by atoms with Crippen LogP contribution in [0, 0.1) is 0 Å². The first-order chi connectivity index (χ1) is 13.4. The Morgan fingerprint density at radius 1 is 1.18 bits per heavy atom. The molecule has 1 aromatic heterocycles. The zero-order chi connectivity index (χ0) is 20.1. The Balaban J connectivity index is 1.60. The molecule has 0 bridgehead atoms. The van der Waals surface area contributed by atoms with Crippen LogP contribution in [0.25, 0.3) is 11.3 Å². The van der Waals surface area contributed by atoms with Crippen molar-refractivity contribution < 1.29 is 24.0 Å². The molecule has 0 aliphatic heterocycles. The summed E-state index contributed by atoms with van der Waals surface area (Å²) in [5.74, 6) is -1.01. The number of carboxylic acid groups (broad SMARTS) is 1. The highest BCUT2D eigenvalue weighted by molar-refractivity contribution is 6.30. The quantitative estimate of drug-likeness (QED) is 0.622. The third-order valence-electron chi connectivity index (χ3n) is 4.09. The van der Waals surface area contributed by atoms with E-state index in [0.717, 1.165) is 5.56 Å². The molecule has 0 radical (unpaired) electrons. The van der Waals surface area contributed by atoms with Crippen LogP contribution in [0.5, 0.6) is 0 Å². The van der Waals surface area contributed by atoms with E-state index in [1.165, 1.54) is 18.4 Å². The van der Waals surface area contributed by atoms with Gasteiger partial charge in [-0.1, -0.05) is 41.0 Å². The van der Waals surface area contributed by atoms with Crippen molar-refractivity contribution in [3.8, 4) is 11.3 Å². The average molecular weight is 401 g/mol. The monoisotopic (exact) mass is 400 g/mol. The summed E-state index contributed by atoms with van der Waals surface area (Å²) in [6, 6.07) is 13.3. The van der Waals surface area contributed by atoms with E-state index in [-0.39, 0.29) is 12.1 Å². The van der Waals surface area contributed by atoms with E-state index >= 15 is 0 Å². The fourth-order valence-electron chi connectivity index (χ4n) is 2.56. The van der Waals surface area contributed by atoms with Gasteiger partial charge in [0.1, 0.15) is 18.1 Å². The van der Waals surface area contributed by atoms with Gasteiger partial charge in [-0.05, 0) is 36.8 Å². The first kappa shape index (κ1) is 19.4. The number of amides is 1. The fraction of sp³-hybridized carbons (Fsp3) is 0.150. The van der Waals surface area contributed by atoms with Crippen molar-refractivity contribution in [3.63, 3.8) is 0 Å². The minimum absolute atomic E-state index is 0.145. The number of aromatic nitrogens is 1. The molecule has 0 fully saturated rings. The molecule has 0 spiro atoms. The zero-order valence-corrected chi connectivity index (χ0v) is 15.6. The molecule has 0 aliphatic carbocycles. The Morgan fingerprint density at radius 2 is 1.86 bits per heavy atom. The van der Waals surface area contributed by atoms with Crippen LogP contribution >= 0.6 is 11.6 Å². The number of nitrogens with one attached hydrogen (secondary N) is 1. The molecule has 0 aliphatic rings. The van der Waals surface area contributed by atoms with Crippen LogP contribution in [0.2, 0.25) is 5.02 Å². The van der Waals surface area contributed by atoms with Gasteiger partial charge in [0.15, 0.2) is 0 Å². The van der Waals surface area contributed by atoms with Gasteiger partial charge >= 0.3 is 12.1 Å². The maximum atomic E-state index is 12.1. The molecule has 8 heteroatoms. The summed E-state index contributed by atoms with van der Waals surface area (Å²) in [5, 5.41) is 16.2. The lowest BCUT2D eigenvalue weighted by Gasteiger charge is -2.14. The lowest BCUT2D eigenvalue weighted by Crippen LogP contribution is -2.25. The van der Waals surface area contributed by atoms with Crippen molar-refractivity contribution in [1.29, 1.82) is 0 Å². The van der Waals surface area contributed by atoms with Gasteiger partial charge in [0.2, 0.25) is 0 Å². The van der Waals surface area contributed by atoms with Crippen molar-refractivity contribution in [1.82, 2.24) is 10.5 Å². The Kier molecular flexibility index (Phi) is 5.96. The molecular weight excluding hydrogens is 384 g/mol. The Bertz CT molecular complexity index is 967. The first-order valence-corrected chi connectivity index (χ1v) is 8.79. The standard InChI is InChI=1S/C20H17ClN2O5/c1-12(13-6-8-17(21)9-7-13)28-20(26)22-10-16-11-27-23-18(16)14-2-4-15(5-3-14)19(24)25/h2-9,11-12H,10H2,1H3,(H,22,26)(H,24,25)/t12-/m1/s1. The molecular formula is C20H17ClN2O5. The number of aromatic carboxylic acids is 1. The van der Waals surface area contributed by atoms with E-state index in [4.69, 9.17) is 26.0 Å². The highest BCUT2D eigenvalue weighted by Crippen LogP contribution is 2.23. The number of benzene rings is 2. The molecule has 3 rings (SSSR count). The molecule has 2 aromatic carbocycles. The van der Waals surface area contributed by atoms with Gasteiger partial charge in [-0.2, -0.15) is 0 Å². The second kappa shape index (κ2) is 8.58. The minimum atomic E-state index is -1.01. The smallest absolute Gasteiger partial charge is 0.408 e. The van der Waals surface area contributed by atoms with E-state index in [0.29, 0.717) is 21.8 Å². The summed E-state index contributed by atoms with van der Waals surface area (Å²) in [6.45, 7) is 1.91. The first-order valence-electron chi connectivity index (χ1n) is 8.41. The van der Waals surface area contributed by atoms with Gasteiger partial charge in [-0.15, -0.1) is 0 Å².